The van der Waals surface area contributed by atoms with Crippen LogP contribution in [0.5, 0.6) is 0 Å². The van der Waals surface area contributed by atoms with Gasteiger partial charge in [-0.3, -0.25) is 0 Å². The molecule has 0 spiro atoms. The van der Waals surface area contributed by atoms with Crippen LogP contribution < -0.4 is 0 Å². The summed E-state index contributed by atoms with van der Waals surface area (Å²) in [5.74, 6) is 5.44. The number of aryl methyl sites for hydroxylation is 1. The van der Waals surface area contributed by atoms with Crippen molar-refractivity contribution >= 4 is 0 Å². The van der Waals surface area contributed by atoms with Crippen molar-refractivity contribution in [3.8, 4) is 17.9 Å². The lowest BCUT2D eigenvalue weighted by Gasteiger charge is -2.01. The number of hydrogen-bond donors (Lipinski definition) is 0. The van der Waals surface area contributed by atoms with Gasteiger partial charge in [0.2, 0.25) is 0 Å². The summed E-state index contributed by atoms with van der Waals surface area (Å²) in [7, 11) is 0. The van der Waals surface area contributed by atoms with Crippen molar-refractivity contribution < 1.29 is 4.39 Å². The minimum Gasteiger partial charge on any atom is -0.206 e. The molecule has 0 atom stereocenters. The first-order valence-corrected chi connectivity index (χ1v) is 8.03. The van der Waals surface area contributed by atoms with E-state index < -0.39 is 5.82 Å². The molecule has 0 bridgehead atoms. The van der Waals surface area contributed by atoms with Crippen molar-refractivity contribution in [2.75, 3.05) is 0 Å². The molecule has 0 N–H and O–H groups in total. The zero-order chi connectivity index (χ0) is 16.5. The molecule has 2 rings (SSSR count). The molecule has 0 aliphatic rings. The van der Waals surface area contributed by atoms with Gasteiger partial charge in [0.1, 0.15) is 11.9 Å². The van der Waals surface area contributed by atoms with Crippen molar-refractivity contribution in [3.63, 3.8) is 0 Å². The van der Waals surface area contributed by atoms with Crippen LogP contribution in [0.1, 0.15) is 54.9 Å². The van der Waals surface area contributed by atoms with E-state index in [1.54, 1.807) is 12.1 Å². The van der Waals surface area contributed by atoms with E-state index in [1.165, 1.54) is 43.4 Å². The van der Waals surface area contributed by atoms with Crippen molar-refractivity contribution in [1.29, 1.82) is 5.26 Å². The molecule has 2 aromatic rings. The first-order chi connectivity index (χ1) is 11.2. The highest BCUT2D eigenvalue weighted by Crippen LogP contribution is 2.11. The third-order valence-corrected chi connectivity index (χ3v) is 3.71. The largest absolute Gasteiger partial charge is 0.206 e. The Morgan fingerprint density at radius 1 is 0.913 bits per heavy atom. The highest BCUT2D eigenvalue weighted by Gasteiger charge is 2.00. The van der Waals surface area contributed by atoms with Gasteiger partial charge in [-0.1, -0.05) is 50.2 Å². The Morgan fingerprint density at radius 3 is 2.26 bits per heavy atom. The lowest BCUT2D eigenvalue weighted by molar-refractivity contribution is 0.623. The molecule has 0 saturated heterocycles. The molecule has 0 unspecified atom stereocenters. The molecule has 0 aromatic heterocycles. The van der Waals surface area contributed by atoms with Crippen LogP contribution in [-0.4, -0.2) is 0 Å². The number of rotatable bonds is 5. The zero-order valence-electron chi connectivity index (χ0n) is 13.4. The first kappa shape index (κ1) is 16.8. The van der Waals surface area contributed by atoms with Crippen LogP contribution >= 0.6 is 0 Å². The van der Waals surface area contributed by atoms with Crippen LogP contribution in [0.25, 0.3) is 0 Å². The molecule has 23 heavy (non-hydrogen) atoms. The second kappa shape index (κ2) is 8.76. The van der Waals surface area contributed by atoms with Gasteiger partial charge in [-0.2, -0.15) is 5.26 Å². The summed E-state index contributed by atoms with van der Waals surface area (Å²) in [4.78, 5) is 0. The topological polar surface area (TPSA) is 23.8 Å². The lowest BCUT2D eigenvalue weighted by atomic mass is 10.0. The summed E-state index contributed by atoms with van der Waals surface area (Å²) in [5.41, 5.74) is 2.86. The van der Waals surface area contributed by atoms with Gasteiger partial charge in [-0.15, -0.1) is 0 Å². The minimum atomic E-state index is -0.526. The van der Waals surface area contributed by atoms with Gasteiger partial charge in [-0.05, 0) is 48.7 Å². The third-order valence-electron chi connectivity index (χ3n) is 3.71. The number of benzene rings is 2. The molecule has 0 amide bonds. The van der Waals surface area contributed by atoms with E-state index in [9.17, 15) is 4.39 Å². The summed E-state index contributed by atoms with van der Waals surface area (Å²) in [6, 6.07) is 14.4. The highest BCUT2D eigenvalue weighted by atomic mass is 19.1. The highest BCUT2D eigenvalue weighted by molar-refractivity contribution is 5.45. The van der Waals surface area contributed by atoms with E-state index in [0.29, 0.717) is 5.56 Å². The van der Waals surface area contributed by atoms with Gasteiger partial charge in [0.15, 0.2) is 0 Å². The predicted molar refractivity (Wildman–Crippen MR) is 91.4 cm³/mol. The Bertz CT molecular complexity index is 742. The van der Waals surface area contributed by atoms with Crippen molar-refractivity contribution in [2.24, 2.45) is 0 Å². The maximum absolute atomic E-state index is 13.5. The normalized spacial score (nSPS) is 9.78. The smallest absolute Gasteiger partial charge is 0.142 e. The van der Waals surface area contributed by atoms with Gasteiger partial charge in [0, 0.05) is 11.1 Å². The van der Waals surface area contributed by atoms with Gasteiger partial charge in [-0.25, -0.2) is 4.39 Å². The third kappa shape index (κ3) is 5.28. The molecule has 0 aliphatic carbocycles. The van der Waals surface area contributed by atoms with Gasteiger partial charge in [0.05, 0.1) is 5.56 Å². The second-order valence-electron chi connectivity index (χ2n) is 5.56. The maximum atomic E-state index is 13.5. The monoisotopic (exact) mass is 305 g/mol. The summed E-state index contributed by atoms with van der Waals surface area (Å²) in [6.07, 6.45) is 6.16. The van der Waals surface area contributed by atoms with E-state index >= 15 is 0 Å². The first-order valence-electron chi connectivity index (χ1n) is 8.03. The van der Waals surface area contributed by atoms with Crippen LogP contribution in [0.15, 0.2) is 42.5 Å². The quantitative estimate of drug-likeness (QED) is 0.549. The molecule has 0 saturated carbocycles. The number of nitrogens with zero attached hydrogens (tertiary/aromatic N) is 1. The standard InChI is InChI=1S/C21H20FN/c1-2-3-4-5-6-17-7-9-18(10-8-17)11-12-19-13-14-20(16-23)21(22)15-19/h7-10,13-15H,2-6H2,1H3. The minimum absolute atomic E-state index is 0.0444. The summed E-state index contributed by atoms with van der Waals surface area (Å²) >= 11 is 0. The lowest BCUT2D eigenvalue weighted by Crippen LogP contribution is -1.87. The number of halogens is 1. The van der Waals surface area contributed by atoms with Gasteiger partial charge < -0.3 is 0 Å². The maximum Gasteiger partial charge on any atom is 0.142 e. The molecule has 116 valence electrons. The van der Waals surface area contributed by atoms with Crippen molar-refractivity contribution in [1.82, 2.24) is 0 Å². The summed E-state index contributed by atoms with van der Waals surface area (Å²) in [6.45, 7) is 2.22. The number of unbranched alkanes of at least 4 members (excludes halogenated alkanes) is 3. The Labute approximate surface area is 137 Å². The van der Waals surface area contributed by atoms with Crippen LogP contribution in [0.2, 0.25) is 0 Å². The molecule has 1 nitrogen and oxygen atoms in total. The Balaban J connectivity index is 1.99. The van der Waals surface area contributed by atoms with Crippen LogP contribution in [0.4, 0.5) is 4.39 Å². The molecule has 2 aromatic carbocycles. The molecule has 0 heterocycles. The molecule has 0 radical (unpaired) electrons. The van der Waals surface area contributed by atoms with Crippen LogP contribution in [0, 0.1) is 29.0 Å². The van der Waals surface area contributed by atoms with Gasteiger partial charge >= 0.3 is 0 Å². The predicted octanol–water partition coefficient (Wildman–Crippen LogP) is 5.22. The number of hydrogen-bond acceptors (Lipinski definition) is 1. The molecule has 0 fully saturated rings. The second-order valence-corrected chi connectivity index (χ2v) is 5.56. The fourth-order valence-corrected chi connectivity index (χ4v) is 2.34. The molecule has 2 heteroatoms. The van der Waals surface area contributed by atoms with E-state index in [-0.39, 0.29) is 5.56 Å². The fourth-order valence-electron chi connectivity index (χ4n) is 2.34. The molecular formula is C21H20FN. The van der Waals surface area contributed by atoms with Crippen LogP contribution in [-0.2, 0) is 6.42 Å². The van der Waals surface area contributed by atoms with Crippen molar-refractivity contribution in [2.45, 2.75) is 39.0 Å². The Hall–Kier alpha value is -2.58. The van der Waals surface area contributed by atoms with Crippen molar-refractivity contribution in [3.05, 3.63) is 70.5 Å². The van der Waals surface area contributed by atoms with E-state index in [1.807, 2.05) is 12.1 Å². The average molecular weight is 305 g/mol. The average Bonchev–Trinajstić information content (AvgIpc) is 2.58. The fraction of sp³-hybridized carbons (Fsp3) is 0.286. The van der Waals surface area contributed by atoms with Gasteiger partial charge in [0.25, 0.3) is 0 Å². The SMILES string of the molecule is CCCCCCc1ccc(C#Cc2ccc(C#N)c(F)c2)cc1. The summed E-state index contributed by atoms with van der Waals surface area (Å²) in [5, 5.41) is 8.71. The Morgan fingerprint density at radius 2 is 1.61 bits per heavy atom. The van der Waals surface area contributed by atoms with Crippen LogP contribution in [0.3, 0.4) is 0 Å². The zero-order valence-corrected chi connectivity index (χ0v) is 13.4. The Kier molecular flexibility index (Phi) is 6.40. The number of nitriles is 1. The van der Waals surface area contributed by atoms with E-state index in [2.05, 4.69) is 30.9 Å². The van der Waals surface area contributed by atoms with E-state index in [0.717, 1.165) is 12.0 Å². The molecular weight excluding hydrogens is 285 g/mol. The summed E-state index contributed by atoms with van der Waals surface area (Å²) < 4.78 is 13.5. The van der Waals surface area contributed by atoms with E-state index in [4.69, 9.17) is 5.26 Å². The molecule has 0 aliphatic heterocycles.